The number of ether oxygens (including phenoxy) is 1. The maximum Gasteiger partial charge on any atom is 0.191 e. The molecule has 0 aromatic heterocycles. The predicted octanol–water partition coefficient (Wildman–Crippen LogP) is 3.52. The lowest BCUT2D eigenvalue weighted by Crippen LogP contribution is -2.40. The van der Waals surface area contributed by atoms with Crippen molar-refractivity contribution in [2.24, 2.45) is 4.99 Å². The Kier molecular flexibility index (Phi) is 9.97. The van der Waals surface area contributed by atoms with Crippen molar-refractivity contribution in [1.82, 2.24) is 10.6 Å². The zero-order chi connectivity index (χ0) is 15.7. The maximum absolute atomic E-state index is 5.79. The van der Waals surface area contributed by atoms with Crippen molar-refractivity contribution in [1.29, 1.82) is 0 Å². The Morgan fingerprint density at radius 2 is 2.09 bits per heavy atom. The van der Waals surface area contributed by atoms with Crippen LogP contribution in [0.4, 0.5) is 0 Å². The molecular weight excluding hydrogens is 421 g/mol. The van der Waals surface area contributed by atoms with Gasteiger partial charge >= 0.3 is 0 Å². The Balaban J connectivity index is 0.00000264. The van der Waals surface area contributed by atoms with Crippen molar-refractivity contribution in [3.05, 3.63) is 30.3 Å². The van der Waals surface area contributed by atoms with E-state index in [2.05, 4.69) is 53.7 Å². The highest BCUT2D eigenvalue weighted by Crippen LogP contribution is 2.25. The van der Waals surface area contributed by atoms with Gasteiger partial charge in [-0.2, -0.15) is 0 Å². The Labute approximate surface area is 161 Å². The second kappa shape index (κ2) is 11.1. The van der Waals surface area contributed by atoms with E-state index in [4.69, 9.17) is 4.74 Å². The summed E-state index contributed by atoms with van der Waals surface area (Å²) < 4.78 is 5.79. The van der Waals surface area contributed by atoms with Crippen LogP contribution in [0.15, 0.2) is 40.2 Å². The average molecular weight is 449 g/mol. The molecular formula is C17H28IN3OS. The molecule has 1 aliphatic heterocycles. The van der Waals surface area contributed by atoms with Crippen molar-refractivity contribution in [3.63, 3.8) is 0 Å². The molecule has 0 bridgehead atoms. The van der Waals surface area contributed by atoms with Crippen molar-refractivity contribution in [2.45, 2.75) is 37.2 Å². The third-order valence-corrected chi connectivity index (χ3v) is 4.64. The van der Waals surface area contributed by atoms with Crippen molar-refractivity contribution in [2.75, 3.05) is 32.0 Å². The molecule has 1 heterocycles. The smallest absolute Gasteiger partial charge is 0.191 e. The summed E-state index contributed by atoms with van der Waals surface area (Å²) in [5.74, 6) is 1.90. The fraction of sp³-hybridized carbons (Fsp3) is 0.588. The largest absolute Gasteiger partial charge is 0.373 e. The molecule has 4 nitrogen and oxygen atoms in total. The molecule has 2 N–H and O–H groups in total. The molecule has 1 aromatic carbocycles. The number of halogens is 1. The fourth-order valence-electron chi connectivity index (χ4n) is 2.40. The molecule has 130 valence electrons. The molecule has 1 unspecified atom stereocenters. The van der Waals surface area contributed by atoms with Crippen LogP contribution in [0, 0.1) is 0 Å². The van der Waals surface area contributed by atoms with E-state index in [9.17, 15) is 0 Å². The second-order valence-corrected chi connectivity index (χ2v) is 6.85. The molecule has 0 saturated carbocycles. The van der Waals surface area contributed by atoms with Gasteiger partial charge in [0.05, 0.1) is 12.1 Å². The van der Waals surface area contributed by atoms with E-state index < -0.39 is 0 Å². The lowest BCUT2D eigenvalue weighted by molar-refractivity contribution is 0.0283. The van der Waals surface area contributed by atoms with E-state index in [1.165, 1.54) is 4.90 Å². The number of aliphatic imine (C=N–C) groups is 1. The zero-order valence-corrected chi connectivity index (χ0v) is 17.2. The van der Waals surface area contributed by atoms with Crippen LogP contribution >= 0.6 is 35.7 Å². The molecule has 0 radical (unpaired) electrons. The first-order chi connectivity index (χ1) is 10.7. The lowest BCUT2D eigenvalue weighted by atomic mass is 10.0. The standard InChI is InChI=1S/C17H27N3OS.HI/c1-3-18-16(20-14-17(2)10-7-12-21-17)19-11-13-22-15-8-5-4-6-9-15;/h4-6,8-9H,3,7,10-14H2,1-2H3,(H2,18,19,20);1H. The van der Waals surface area contributed by atoms with Gasteiger partial charge in [-0.25, -0.2) is 0 Å². The summed E-state index contributed by atoms with van der Waals surface area (Å²) in [5.41, 5.74) is -0.0822. The number of thioether (sulfide) groups is 1. The van der Waals surface area contributed by atoms with Crippen LogP contribution in [-0.4, -0.2) is 43.6 Å². The van der Waals surface area contributed by atoms with E-state index in [-0.39, 0.29) is 29.6 Å². The Morgan fingerprint density at radius 3 is 2.74 bits per heavy atom. The van der Waals surface area contributed by atoms with Gasteiger partial charge in [0, 0.05) is 30.3 Å². The van der Waals surface area contributed by atoms with Gasteiger partial charge in [-0.3, -0.25) is 4.99 Å². The van der Waals surface area contributed by atoms with E-state index in [0.29, 0.717) is 6.54 Å². The van der Waals surface area contributed by atoms with Gasteiger partial charge < -0.3 is 15.4 Å². The number of benzene rings is 1. The molecule has 1 aliphatic rings. The fourth-order valence-corrected chi connectivity index (χ4v) is 3.19. The van der Waals surface area contributed by atoms with Gasteiger partial charge in [-0.15, -0.1) is 35.7 Å². The predicted molar refractivity (Wildman–Crippen MR) is 110 cm³/mol. The summed E-state index contributed by atoms with van der Waals surface area (Å²) in [7, 11) is 0. The van der Waals surface area contributed by atoms with Gasteiger partial charge in [-0.05, 0) is 38.8 Å². The van der Waals surface area contributed by atoms with Crippen LogP contribution in [-0.2, 0) is 4.74 Å². The highest BCUT2D eigenvalue weighted by atomic mass is 127. The maximum atomic E-state index is 5.79. The van der Waals surface area contributed by atoms with Gasteiger partial charge in [0.25, 0.3) is 0 Å². The topological polar surface area (TPSA) is 45.7 Å². The molecule has 1 atom stereocenters. The lowest BCUT2D eigenvalue weighted by Gasteiger charge is -2.21. The van der Waals surface area contributed by atoms with Crippen molar-refractivity contribution in [3.8, 4) is 0 Å². The number of nitrogens with one attached hydrogen (secondary N) is 2. The quantitative estimate of drug-likeness (QED) is 0.220. The van der Waals surface area contributed by atoms with Gasteiger partial charge in [0.1, 0.15) is 0 Å². The van der Waals surface area contributed by atoms with E-state index in [1.807, 2.05) is 17.8 Å². The van der Waals surface area contributed by atoms with Crippen LogP contribution in [0.5, 0.6) is 0 Å². The van der Waals surface area contributed by atoms with Crippen LogP contribution in [0.2, 0.25) is 0 Å². The third kappa shape index (κ3) is 7.76. The highest BCUT2D eigenvalue weighted by molar-refractivity contribution is 14.0. The summed E-state index contributed by atoms with van der Waals surface area (Å²) in [6.45, 7) is 7.58. The number of nitrogens with zero attached hydrogens (tertiary/aromatic N) is 1. The minimum atomic E-state index is -0.0822. The molecule has 1 saturated heterocycles. The summed E-state index contributed by atoms with van der Waals surface area (Å²) in [6, 6.07) is 10.5. The van der Waals surface area contributed by atoms with Crippen LogP contribution in [0.3, 0.4) is 0 Å². The van der Waals surface area contributed by atoms with Gasteiger partial charge in [0.2, 0.25) is 0 Å². The minimum absolute atomic E-state index is 0. The summed E-state index contributed by atoms with van der Waals surface area (Å²) in [6.07, 6.45) is 2.24. The van der Waals surface area contributed by atoms with Gasteiger partial charge in [-0.1, -0.05) is 18.2 Å². The monoisotopic (exact) mass is 449 g/mol. The number of rotatable bonds is 7. The zero-order valence-electron chi connectivity index (χ0n) is 14.0. The van der Waals surface area contributed by atoms with Gasteiger partial charge in [0.15, 0.2) is 5.96 Å². The molecule has 0 spiro atoms. The minimum Gasteiger partial charge on any atom is -0.373 e. The first-order valence-corrected chi connectivity index (χ1v) is 9.04. The summed E-state index contributed by atoms with van der Waals surface area (Å²) in [4.78, 5) is 5.98. The van der Waals surface area contributed by atoms with E-state index in [1.54, 1.807) is 0 Å². The number of hydrogen-bond donors (Lipinski definition) is 2. The normalized spacial score (nSPS) is 20.9. The molecule has 2 rings (SSSR count). The van der Waals surface area contributed by atoms with Crippen LogP contribution in [0.25, 0.3) is 0 Å². The molecule has 0 aliphatic carbocycles. The van der Waals surface area contributed by atoms with Crippen molar-refractivity contribution >= 4 is 41.7 Å². The Hall–Kier alpha value is -0.470. The first kappa shape index (κ1) is 20.6. The number of guanidine groups is 1. The average Bonchev–Trinajstić information content (AvgIpc) is 2.97. The second-order valence-electron chi connectivity index (χ2n) is 5.69. The van der Waals surface area contributed by atoms with E-state index in [0.717, 1.165) is 44.3 Å². The Morgan fingerprint density at radius 1 is 1.30 bits per heavy atom. The summed E-state index contributed by atoms with van der Waals surface area (Å²) in [5, 5.41) is 6.69. The molecule has 1 fully saturated rings. The third-order valence-electron chi connectivity index (χ3n) is 3.62. The number of hydrogen-bond acceptors (Lipinski definition) is 3. The molecule has 0 amide bonds. The first-order valence-electron chi connectivity index (χ1n) is 8.06. The molecule has 23 heavy (non-hydrogen) atoms. The van der Waals surface area contributed by atoms with Crippen LogP contribution < -0.4 is 10.6 Å². The SMILES string of the molecule is CCNC(=NCC1(C)CCCO1)NCCSc1ccccc1.I. The van der Waals surface area contributed by atoms with Crippen molar-refractivity contribution < 1.29 is 4.74 Å². The van der Waals surface area contributed by atoms with Crippen LogP contribution in [0.1, 0.15) is 26.7 Å². The summed E-state index contributed by atoms with van der Waals surface area (Å²) >= 11 is 1.85. The Bertz CT molecular complexity index is 464. The molecule has 6 heteroatoms. The molecule has 1 aromatic rings. The van der Waals surface area contributed by atoms with E-state index >= 15 is 0 Å². The highest BCUT2D eigenvalue weighted by Gasteiger charge is 2.29.